The third kappa shape index (κ3) is 1.22. The van der Waals surface area contributed by atoms with Gasteiger partial charge in [-0.15, -0.1) is 0 Å². The maximum absolute atomic E-state index is 11.0. The van der Waals surface area contributed by atoms with Crippen LogP contribution in [0, 0.1) is 17.3 Å². The van der Waals surface area contributed by atoms with Crippen molar-refractivity contribution in [1.29, 1.82) is 0 Å². The molecule has 0 spiro atoms. The number of allylic oxidation sites excluding steroid dienone is 2. The van der Waals surface area contributed by atoms with Crippen molar-refractivity contribution in [2.24, 2.45) is 17.3 Å². The Morgan fingerprint density at radius 2 is 2.14 bits per heavy atom. The normalized spacial score (nSPS) is 38.9. The fourth-order valence-corrected chi connectivity index (χ4v) is 2.79. The predicted octanol–water partition coefficient (Wildman–Crippen LogP) is 1.13. The van der Waals surface area contributed by atoms with E-state index >= 15 is 0 Å². The summed E-state index contributed by atoms with van der Waals surface area (Å²) in [6.45, 7) is 0. The van der Waals surface area contributed by atoms with Gasteiger partial charge in [-0.3, -0.25) is 9.59 Å². The van der Waals surface area contributed by atoms with E-state index in [0.29, 0.717) is 12.8 Å². The summed E-state index contributed by atoms with van der Waals surface area (Å²) in [7, 11) is 0. The molecule has 0 aliphatic heterocycles. The van der Waals surface area contributed by atoms with Gasteiger partial charge in [0, 0.05) is 5.41 Å². The van der Waals surface area contributed by atoms with E-state index in [1.165, 1.54) is 0 Å². The minimum absolute atomic E-state index is 0.0586. The first kappa shape index (κ1) is 9.24. The second kappa shape index (κ2) is 2.83. The fraction of sp³-hybridized carbons (Fsp3) is 0.600. The zero-order valence-electron chi connectivity index (χ0n) is 7.64. The number of hydrogen-bond donors (Lipinski definition) is 2. The molecule has 0 amide bonds. The molecule has 0 saturated heterocycles. The average molecular weight is 196 g/mol. The zero-order chi connectivity index (χ0) is 10.3. The number of carboxylic acids is 2. The maximum Gasteiger partial charge on any atom is 0.307 e. The monoisotopic (exact) mass is 196 g/mol. The van der Waals surface area contributed by atoms with Crippen LogP contribution in [0.5, 0.6) is 0 Å². The quantitative estimate of drug-likeness (QED) is 0.663. The number of hydrogen-bond acceptors (Lipinski definition) is 2. The molecule has 76 valence electrons. The molecule has 14 heavy (non-hydrogen) atoms. The minimum atomic E-state index is -0.913. The van der Waals surface area contributed by atoms with E-state index < -0.39 is 23.3 Å². The summed E-state index contributed by atoms with van der Waals surface area (Å²) >= 11 is 0. The van der Waals surface area contributed by atoms with Gasteiger partial charge in [0.2, 0.25) is 0 Å². The van der Waals surface area contributed by atoms with Gasteiger partial charge in [0.15, 0.2) is 0 Å². The van der Waals surface area contributed by atoms with Crippen LogP contribution >= 0.6 is 0 Å². The van der Waals surface area contributed by atoms with E-state index in [0.717, 1.165) is 0 Å². The molecular formula is C10H12O4. The van der Waals surface area contributed by atoms with E-state index in [1.807, 2.05) is 6.08 Å². The van der Waals surface area contributed by atoms with Crippen LogP contribution < -0.4 is 0 Å². The van der Waals surface area contributed by atoms with E-state index in [-0.39, 0.29) is 12.3 Å². The summed E-state index contributed by atoms with van der Waals surface area (Å²) in [6.07, 6.45) is 4.99. The Hall–Kier alpha value is -1.32. The summed E-state index contributed by atoms with van der Waals surface area (Å²) in [5.41, 5.74) is -0.609. The van der Waals surface area contributed by atoms with Gasteiger partial charge in [-0.1, -0.05) is 12.2 Å². The van der Waals surface area contributed by atoms with Crippen LogP contribution in [0.15, 0.2) is 12.2 Å². The van der Waals surface area contributed by atoms with Crippen molar-refractivity contribution >= 4 is 11.9 Å². The largest absolute Gasteiger partial charge is 0.481 e. The Morgan fingerprint density at radius 3 is 2.64 bits per heavy atom. The van der Waals surface area contributed by atoms with Crippen molar-refractivity contribution in [1.82, 2.24) is 0 Å². The van der Waals surface area contributed by atoms with E-state index in [1.54, 1.807) is 6.08 Å². The molecule has 2 aliphatic rings. The molecule has 1 saturated carbocycles. The summed E-state index contributed by atoms with van der Waals surface area (Å²) in [5.74, 6) is -2.01. The third-order valence-corrected chi connectivity index (χ3v) is 3.35. The van der Waals surface area contributed by atoms with Crippen molar-refractivity contribution in [2.75, 3.05) is 0 Å². The lowest BCUT2D eigenvalue weighted by molar-refractivity contribution is -0.146. The topological polar surface area (TPSA) is 74.6 Å². The summed E-state index contributed by atoms with van der Waals surface area (Å²) in [6, 6.07) is 0. The van der Waals surface area contributed by atoms with Gasteiger partial charge in [0.25, 0.3) is 0 Å². The molecule has 0 aromatic carbocycles. The Labute approximate surface area is 81.2 Å². The lowest BCUT2D eigenvalue weighted by Crippen LogP contribution is -2.31. The Morgan fingerprint density at radius 1 is 1.43 bits per heavy atom. The number of aliphatic carboxylic acids is 2. The van der Waals surface area contributed by atoms with Crippen LogP contribution in [0.25, 0.3) is 0 Å². The summed E-state index contributed by atoms with van der Waals surface area (Å²) < 4.78 is 0. The van der Waals surface area contributed by atoms with Gasteiger partial charge >= 0.3 is 11.9 Å². The molecule has 2 rings (SSSR count). The van der Waals surface area contributed by atoms with Gasteiger partial charge < -0.3 is 10.2 Å². The molecule has 4 nitrogen and oxygen atoms in total. The van der Waals surface area contributed by atoms with Gasteiger partial charge in [-0.05, 0) is 18.8 Å². The van der Waals surface area contributed by atoms with Crippen molar-refractivity contribution < 1.29 is 19.8 Å². The first-order valence-corrected chi connectivity index (χ1v) is 4.67. The second-order valence-corrected chi connectivity index (χ2v) is 4.25. The fourth-order valence-electron chi connectivity index (χ4n) is 2.79. The van der Waals surface area contributed by atoms with E-state index in [9.17, 15) is 9.59 Å². The highest BCUT2D eigenvalue weighted by atomic mass is 16.4. The smallest absolute Gasteiger partial charge is 0.307 e. The lowest BCUT2D eigenvalue weighted by Gasteiger charge is -2.27. The number of rotatable bonds is 3. The predicted molar refractivity (Wildman–Crippen MR) is 47.7 cm³/mol. The highest BCUT2D eigenvalue weighted by molar-refractivity contribution is 5.76. The first-order valence-electron chi connectivity index (χ1n) is 4.67. The van der Waals surface area contributed by atoms with Gasteiger partial charge in [-0.25, -0.2) is 0 Å². The third-order valence-electron chi connectivity index (χ3n) is 3.35. The van der Waals surface area contributed by atoms with E-state index in [2.05, 4.69) is 0 Å². The average Bonchev–Trinajstić information content (AvgIpc) is 2.58. The molecule has 0 radical (unpaired) electrons. The Bertz CT molecular complexity index is 320. The maximum atomic E-state index is 11.0. The highest BCUT2D eigenvalue weighted by Crippen LogP contribution is 2.55. The molecule has 0 heterocycles. The van der Waals surface area contributed by atoms with Crippen LogP contribution in [-0.2, 0) is 9.59 Å². The van der Waals surface area contributed by atoms with Crippen LogP contribution in [0.1, 0.15) is 19.3 Å². The molecule has 2 aliphatic carbocycles. The molecule has 3 unspecified atom stereocenters. The van der Waals surface area contributed by atoms with Gasteiger partial charge in [0.05, 0.1) is 12.3 Å². The van der Waals surface area contributed by atoms with Crippen molar-refractivity contribution in [2.45, 2.75) is 19.3 Å². The SMILES string of the molecule is O=C(O)CC12C=CC(CC1C(=O)O)C2. The minimum Gasteiger partial charge on any atom is -0.481 e. The number of carboxylic acid groups (broad SMARTS) is 2. The zero-order valence-corrected chi connectivity index (χ0v) is 7.64. The van der Waals surface area contributed by atoms with Gasteiger partial charge in [-0.2, -0.15) is 0 Å². The molecule has 0 aromatic rings. The Kier molecular flexibility index (Phi) is 1.87. The molecule has 0 aromatic heterocycles. The second-order valence-electron chi connectivity index (χ2n) is 4.25. The van der Waals surface area contributed by atoms with Crippen LogP contribution in [0.3, 0.4) is 0 Å². The van der Waals surface area contributed by atoms with E-state index in [4.69, 9.17) is 10.2 Å². The summed E-state index contributed by atoms with van der Waals surface area (Å²) in [4.78, 5) is 21.6. The Balaban J connectivity index is 2.26. The van der Waals surface area contributed by atoms with Crippen LogP contribution in [-0.4, -0.2) is 22.2 Å². The molecule has 1 fully saturated rings. The number of carbonyl (C=O) groups is 2. The molecular weight excluding hydrogens is 184 g/mol. The van der Waals surface area contributed by atoms with Crippen LogP contribution in [0.2, 0.25) is 0 Å². The summed E-state index contributed by atoms with van der Waals surface area (Å²) in [5, 5.41) is 17.7. The van der Waals surface area contributed by atoms with Gasteiger partial charge in [0.1, 0.15) is 0 Å². The lowest BCUT2D eigenvalue weighted by atomic mass is 9.75. The molecule has 3 atom stereocenters. The standard InChI is InChI=1S/C10H12O4/c11-8(12)5-10-2-1-6(4-10)3-7(10)9(13)14/h1-2,6-7H,3-5H2,(H,11,12)(H,13,14). The van der Waals surface area contributed by atoms with Crippen LogP contribution in [0.4, 0.5) is 0 Å². The molecule has 2 bridgehead atoms. The molecule has 2 N–H and O–H groups in total. The first-order chi connectivity index (χ1) is 6.53. The molecule has 4 heteroatoms. The number of fused-ring (bicyclic) bond motifs is 2. The van der Waals surface area contributed by atoms with Crippen molar-refractivity contribution in [3.8, 4) is 0 Å². The highest BCUT2D eigenvalue weighted by Gasteiger charge is 2.52. The van der Waals surface area contributed by atoms with Crippen molar-refractivity contribution in [3.63, 3.8) is 0 Å². The van der Waals surface area contributed by atoms with Crippen molar-refractivity contribution in [3.05, 3.63) is 12.2 Å².